The van der Waals surface area contributed by atoms with Gasteiger partial charge in [-0.3, -0.25) is 0 Å². The molecule has 0 spiro atoms. The first kappa shape index (κ1) is 8.55. The van der Waals surface area contributed by atoms with Crippen molar-refractivity contribution in [2.45, 2.75) is 38.7 Å². The minimum absolute atomic E-state index is 0.419. The van der Waals surface area contributed by atoms with Crippen LogP contribution in [0.25, 0.3) is 0 Å². The fourth-order valence-corrected chi connectivity index (χ4v) is 1.56. The Balaban J connectivity index is 2.28. The van der Waals surface area contributed by atoms with E-state index in [-0.39, 0.29) is 0 Å². The van der Waals surface area contributed by atoms with Crippen molar-refractivity contribution in [1.82, 2.24) is 0 Å². The summed E-state index contributed by atoms with van der Waals surface area (Å²) >= 11 is 0. The van der Waals surface area contributed by atoms with Gasteiger partial charge in [0.25, 0.3) is 0 Å². The summed E-state index contributed by atoms with van der Waals surface area (Å²) in [6, 6.07) is 2.23. The number of rotatable bonds is 2. The van der Waals surface area contributed by atoms with Crippen LogP contribution in [0.4, 0.5) is 0 Å². The maximum atomic E-state index is 8.49. The normalized spacial score (nSPS) is 31.3. The highest BCUT2D eigenvalue weighted by Crippen LogP contribution is 2.23. The van der Waals surface area contributed by atoms with Gasteiger partial charge in [0.1, 0.15) is 0 Å². The van der Waals surface area contributed by atoms with E-state index in [1.165, 1.54) is 0 Å². The number of nitriles is 1. The molecule has 62 valence electrons. The summed E-state index contributed by atoms with van der Waals surface area (Å²) in [5.74, 6) is 0.596. The first-order valence-corrected chi connectivity index (χ1v) is 4.35. The van der Waals surface area contributed by atoms with Crippen LogP contribution in [0.3, 0.4) is 0 Å². The summed E-state index contributed by atoms with van der Waals surface area (Å²) in [5, 5.41) is 8.49. The molecule has 1 heterocycles. The molecular weight excluding hydrogens is 138 g/mol. The molecule has 0 radical (unpaired) electrons. The van der Waals surface area contributed by atoms with Gasteiger partial charge in [-0.1, -0.05) is 6.92 Å². The van der Waals surface area contributed by atoms with Crippen molar-refractivity contribution in [3.8, 4) is 6.07 Å². The van der Waals surface area contributed by atoms with Crippen LogP contribution in [0.5, 0.6) is 0 Å². The largest absolute Gasteiger partial charge is 0.378 e. The molecule has 1 rings (SSSR count). The highest BCUT2D eigenvalue weighted by Gasteiger charge is 2.20. The molecule has 0 aromatic rings. The van der Waals surface area contributed by atoms with E-state index in [1.807, 2.05) is 0 Å². The zero-order valence-corrected chi connectivity index (χ0v) is 7.05. The number of hydrogen-bond acceptors (Lipinski definition) is 2. The second-order valence-corrected chi connectivity index (χ2v) is 3.15. The SMILES string of the molecule is CCC1CC(CC#N)CCO1. The lowest BCUT2D eigenvalue weighted by atomic mass is 9.92. The van der Waals surface area contributed by atoms with Gasteiger partial charge in [0.05, 0.1) is 12.2 Å². The fourth-order valence-electron chi connectivity index (χ4n) is 1.56. The average Bonchev–Trinajstić information content (AvgIpc) is 2.06. The van der Waals surface area contributed by atoms with Gasteiger partial charge in [-0.25, -0.2) is 0 Å². The van der Waals surface area contributed by atoms with E-state index in [9.17, 15) is 0 Å². The van der Waals surface area contributed by atoms with E-state index in [1.54, 1.807) is 0 Å². The van der Waals surface area contributed by atoms with Crippen molar-refractivity contribution in [2.75, 3.05) is 6.61 Å². The third-order valence-corrected chi connectivity index (χ3v) is 2.31. The van der Waals surface area contributed by atoms with Crippen LogP contribution in [-0.2, 0) is 4.74 Å². The maximum Gasteiger partial charge on any atom is 0.0624 e. The smallest absolute Gasteiger partial charge is 0.0624 e. The van der Waals surface area contributed by atoms with Gasteiger partial charge in [0.15, 0.2) is 0 Å². The Morgan fingerprint density at radius 2 is 2.45 bits per heavy atom. The summed E-state index contributed by atoms with van der Waals surface area (Å²) in [7, 11) is 0. The molecule has 2 atom stereocenters. The van der Waals surface area contributed by atoms with Gasteiger partial charge in [-0.05, 0) is 25.2 Å². The molecule has 11 heavy (non-hydrogen) atoms. The van der Waals surface area contributed by atoms with Crippen LogP contribution in [0.1, 0.15) is 32.6 Å². The van der Waals surface area contributed by atoms with E-state index >= 15 is 0 Å². The summed E-state index contributed by atoms with van der Waals surface area (Å²) in [4.78, 5) is 0. The third kappa shape index (κ3) is 2.51. The van der Waals surface area contributed by atoms with Crippen molar-refractivity contribution in [2.24, 2.45) is 5.92 Å². The minimum Gasteiger partial charge on any atom is -0.378 e. The Kier molecular flexibility index (Phi) is 3.38. The Morgan fingerprint density at radius 1 is 1.64 bits per heavy atom. The zero-order valence-electron chi connectivity index (χ0n) is 7.05. The van der Waals surface area contributed by atoms with E-state index in [4.69, 9.17) is 10.00 Å². The first-order valence-electron chi connectivity index (χ1n) is 4.35. The number of nitrogens with zero attached hydrogens (tertiary/aromatic N) is 1. The molecule has 0 amide bonds. The van der Waals surface area contributed by atoms with Crippen molar-refractivity contribution < 1.29 is 4.74 Å². The zero-order chi connectivity index (χ0) is 8.10. The molecule has 2 heteroatoms. The minimum atomic E-state index is 0.419. The van der Waals surface area contributed by atoms with E-state index in [0.29, 0.717) is 18.4 Å². The van der Waals surface area contributed by atoms with Crippen LogP contribution >= 0.6 is 0 Å². The van der Waals surface area contributed by atoms with E-state index in [2.05, 4.69) is 13.0 Å². The topological polar surface area (TPSA) is 33.0 Å². The highest BCUT2D eigenvalue weighted by atomic mass is 16.5. The van der Waals surface area contributed by atoms with Crippen molar-refractivity contribution >= 4 is 0 Å². The van der Waals surface area contributed by atoms with Crippen molar-refractivity contribution in [3.05, 3.63) is 0 Å². The van der Waals surface area contributed by atoms with Crippen LogP contribution in [0.2, 0.25) is 0 Å². The van der Waals surface area contributed by atoms with Crippen molar-refractivity contribution in [3.63, 3.8) is 0 Å². The van der Waals surface area contributed by atoms with Gasteiger partial charge in [-0.15, -0.1) is 0 Å². The van der Waals surface area contributed by atoms with Gasteiger partial charge in [-0.2, -0.15) is 5.26 Å². The molecule has 0 aliphatic carbocycles. The molecular formula is C9H15NO. The Hall–Kier alpha value is -0.550. The molecule has 0 aromatic carbocycles. The van der Waals surface area contributed by atoms with Gasteiger partial charge in [0.2, 0.25) is 0 Å². The van der Waals surface area contributed by atoms with Gasteiger partial charge < -0.3 is 4.74 Å². The summed E-state index contributed by atoms with van der Waals surface area (Å²) in [6.07, 6.45) is 4.37. The van der Waals surface area contributed by atoms with Crippen LogP contribution < -0.4 is 0 Å². The average molecular weight is 153 g/mol. The first-order chi connectivity index (χ1) is 5.36. The Labute approximate surface area is 68.2 Å². The lowest BCUT2D eigenvalue weighted by molar-refractivity contribution is -0.00931. The molecule has 0 aromatic heterocycles. The lowest BCUT2D eigenvalue weighted by Gasteiger charge is -2.27. The summed E-state index contributed by atoms with van der Waals surface area (Å²) < 4.78 is 5.49. The maximum absolute atomic E-state index is 8.49. The molecule has 2 nitrogen and oxygen atoms in total. The second kappa shape index (κ2) is 4.35. The van der Waals surface area contributed by atoms with Gasteiger partial charge in [0, 0.05) is 13.0 Å². The highest BCUT2D eigenvalue weighted by molar-refractivity contribution is 4.80. The lowest BCUT2D eigenvalue weighted by Crippen LogP contribution is -2.24. The van der Waals surface area contributed by atoms with Crippen LogP contribution in [0, 0.1) is 17.2 Å². The quantitative estimate of drug-likeness (QED) is 0.608. The number of hydrogen-bond donors (Lipinski definition) is 0. The molecule has 2 unspecified atom stereocenters. The van der Waals surface area contributed by atoms with Crippen LogP contribution in [-0.4, -0.2) is 12.7 Å². The molecule has 0 bridgehead atoms. The monoisotopic (exact) mass is 153 g/mol. The fraction of sp³-hybridized carbons (Fsp3) is 0.889. The third-order valence-electron chi connectivity index (χ3n) is 2.31. The summed E-state index contributed by atoms with van der Waals surface area (Å²) in [5.41, 5.74) is 0. The summed E-state index contributed by atoms with van der Waals surface area (Å²) in [6.45, 7) is 2.99. The Morgan fingerprint density at radius 3 is 3.09 bits per heavy atom. The predicted molar refractivity (Wildman–Crippen MR) is 43.0 cm³/mol. The molecule has 1 fully saturated rings. The Bertz CT molecular complexity index is 150. The second-order valence-electron chi connectivity index (χ2n) is 3.15. The van der Waals surface area contributed by atoms with E-state index in [0.717, 1.165) is 25.9 Å². The number of ether oxygens (including phenoxy) is 1. The predicted octanol–water partition coefficient (Wildman–Crippen LogP) is 2.11. The van der Waals surface area contributed by atoms with Crippen LogP contribution in [0.15, 0.2) is 0 Å². The molecule has 0 saturated carbocycles. The molecule has 1 aliphatic rings. The van der Waals surface area contributed by atoms with Gasteiger partial charge >= 0.3 is 0 Å². The molecule has 1 saturated heterocycles. The standard InChI is InChI=1S/C9H15NO/c1-2-9-7-8(3-5-10)4-6-11-9/h8-9H,2-4,6-7H2,1H3. The molecule has 0 N–H and O–H groups in total. The van der Waals surface area contributed by atoms with Crippen molar-refractivity contribution in [1.29, 1.82) is 5.26 Å². The molecule has 1 aliphatic heterocycles. The van der Waals surface area contributed by atoms with E-state index < -0.39 is 0 Å².